The van der Waals surface area contributed by atoms with Crippen LogP contribution < -0.4 is 3.53 Å². The molecule has 4 heteroatoms. The lowest BCUT2D eigenvalue weighted by Crippen LogP contribution is -2.21. The van der Waals surface area contributed by atoms with E-state index in [-0.39, 0.29) is 18.6 Å². The van der Waals surface area contributed by atoms with Gasteiger partial charge >= 0.3 is 5.97 Å². The number of esters is 1. The molecule has 10 heavy (non-hydrogen) atoms. The number of carbonyl (C=O) groups is 1. The Bertz CT molecular complexity index is 108. The Kier molecular flexibility index (Phi) is 6.00. The Morgan fingerprint density at radius 2 is 2.40 bits per heavy atom. The van der Waals surface area contributed by atoms with Crippen LogP contribution in [0.3, 0.4) is 0 Å². The zero-order valence-electron chi connectivity index (χ0n) is 6.19. The first-order valence-corrected chi connectivity index (χ1v) is 4.31. The van der Waals surface area contributed by atoms with Crippen LogP contribution in [0, 0.1) is 0 Å². The predicted octanol–water partition coefficient (Wildman–Crippen LogP) is 1.27. The summed E-state index contributed by atoms with van der Waals surface area (Å²) in [6.45, 7) is 4.14. The van der Waals surface area contributed by atoms with Gasteiger partial charge in [0.1, 0.15) is 6.54 Å². The Morgan fingerprint density at radius 3 is 2.80 bits per heavy atom. The molecule has 1 atom stereocenters. The third-order valence-corrected chi connectivity index (χ3v) is 1.50. The van der Waals surface area contributed by atoms with Crippen molar-refractivity contribution >= 4 is 28.8 Å². The van der Waals surface area contributed by atoms with E-state index >= 15 is 0 Å². The summed E-state index contributed by atoms with van der Waals surface area (Å²) >= 11 is 1.91. The van der Waals surface area contributed by atoms with Crippen LogP contribution in [-0.4, -0.2) is 18.6 Å². The summed E-state index contributed by atoms with van der Waals surface area (Å²) < 4.78 is 7.63. The quantitative estimate of drug-likeness (QED) is 0.468. The van der Waals surface area contributed by atoms with Crippen molar-refractivity contribution in [3.8, 4) is 0 Å². The number of hydrogen-bond donors (Lipinski definition) is 1. The Balaban J connectivity index is 3.37. The van der Waals surface area contributed by atoms with Gasteiger partial charge < -0.3 is 4.74 Å². The van der Waals surface area contributed by atoms with Gasteiger partial charge in [-0.1, -0.05) is 6.92 Å². The Morgan fingerprint density at radius 1 is 1.80 bits per heavy atom. The fourth-order valence-corrected chi connectivity index (χ4v) is 0.715. The highest BCUT2D eigenvalue weighted by Crippen LogP contribution is 1.95. The number of hydrogen-bond acceptors (Lipinski definition) is 3. The van der Waals surface area contributed by atoms with E-state index in [0.717, 1.165) is 6.42 Å². The lowest BCUT2D eigenvalue weighted by Gasteiger charge is -2.09. The van der Waals surface area contributed by atoms with Crippen molar-refractivity contribution in [3.05, 3.63) is 0 Å². The molecule has 1 unspecified atom stereocenters. The molecule has 0 amide bonds. The van der Waals surface area contributed by atoms with Crippen LogP contribution in [0.2, 0.25) is 0 Å². The lowest BCUT2D eigenvalue weighted by molar-refractivity contribution is -0.146. The van der Waals surface area contributed by atoms with Crippen molar-refractivity contribution in [2.75, 3.05) is 6.54 Å². The SMILES string of the molecule is CCC(C)OC(=O)CNI. The summed E-state index contributed by atoms with van der Waals surface area (Å²) in [7, 11) is 0. The van der Waals surface area contributed by atoms with Crippen LogP contribution in [-0.2, 0) is 9.53 Å². The minimum absolute atomic E-state index is 0.0391. The molecule has 0 heterocycles. The molecule has 0 aromatic rings. The normalized spacial score (nSPS) is 12.7. The van der Waals surface area contributed by atoms with E-state index in [2.05, 4.69) is 3.53 Å². The van der Waals surface area contributed by atoms with E-state index < -0.39 is 0 Å². The number of rotatable bonds is 4. The van der Waals surface area contributed by atoms with Crippen LogP contribution in [0.25, 0.3) is 0 Å². The first kappa shape index (κ1) is 10.2. The molecule has 60 valence electrons. The first-order valence-electron chi connectivity index (χ1n) is 3.23. The van der Waals surface area contributed by atoms with Gasteiger partial charge in [0.2, 0.25) is 0 Å². The maximum atomic E-state index is 10.7. The van der Waals surface area contributed by atoms with Gasteiger partial charge in [-0.2, -0.15) is 0 Å². The smallest absolute Gasteiger partial charge is 0.320 e. The second-order valence-corrected chi connectivity index (χ2v) is 2.78. The molecule has 0 spiro atoms. The molecule has 1 N–H and O–H groups in total. The summed E-state index contributed by atoms with van der Waals surface area (Å²) in [6, 6.07) is 0. The standard InChI is InChI=1S/C6H12INO2/c1-3-5(2)10-6(9)4-8-7/h5,8H,3-4H2,1-2H3. The summed E-state index contributed by atoms with van der Waals surface area (Å²) in [4.78, 5) is 10.7. The monoisotopic (exact) mass is 257 g/mol. The molecule has 0 fully saturated rings. The second-order valence-electron chi connectivity index (χ2n) is 2.02. The van der Waals surface area contributed by atoms with Crippen molar-refractivity contribution in [2.24, 2.45) is 0 Å². The van der Waals surface area contributed by atoms with E-state index in [1.165, 1.54) is 0 Å². The maximum Gasteiger partial charge on any atom is 0.320 e. The molecule has 0 radical (unpaired) electrons. The largest absolute Gasteiger partial charge is 0.462 e. The van der Waals surface area contributed by atoms with Crippen LogP contribution in [0.4, 0.5) is 0 Å². The molecule has 0 aromatic carbocycles. The molecule has 0 aliphatic carbocycles. The summed E-state index contributed by atoms with van der Waals surface area (Å²) in [5.41, 5.74) is 0. The summed E-state index contributed by atoms with van der Waals surface area (Å²) in [5, 5.41) is 0. The van der Waals surface area contributed by atoms with Gasteiger partial charge in [-0.3, -0.25) is 4.79 Å². The first-order chi connectivity index (χ1) is 4.70. The highest BCUT2D eigenvalue weighted by atomic mass is 127. The third kappa shape index (κ3) is 4.99. The highest BCUT2D eigenvalue weighted by Gasteiger charge is 2.04. The number of ether oxygens (including phenoxy) is 1. The third-order valence-electron chi connectivity index (χ3n) is 1.12. The van der Waals surface area contributed by atoms with Crippen LogP contribution in [0.5, 0.6) is 0 Å². The molecular formula is C6H12INO2. The van der Waals surface area contributed by atoms with Crippen molar-refractivity contribution in [3.63, 3.8) is 0 Å². The minimum Gasteiger partial charge on any atom is -0.462 e. The van der Waals surface area contributed by atoms with Crippen molar-refractivity contribution < 1.29 is 9.53 Å². The summed E-state index contributed by atoms with van der Waals surface area (Å²) in [5.74, 6) is -0.191. The van der Waals surface area contributed by atoms with Gasteiger partial charge in [0.15, 0.2) is 0 Å². The van der Waals surface area contributed by atoms with Gasteiger partial charge in [-0.25, -0.2) is 3.53 Å². The minimum atomic E-state index is -0.191. The van der Waals surface area contributed by atoms with E-state index in [9.17, 15) is 4.79 Å². The van der Waals surface area contributed by atoms with Gasteiger partial charge in [-0.15, -0.1) is 0 Å². The molecule has 0 saturated heterocycles. The molecule has 0 aromatic heterocycles. The number of nitrogens with one attached hydrogen (secondary N) is 1. The summed E-state index contributed by atoms with van der Waals surface area (Å²) in [6.07, 6.45) is 0.907. The Hall–Kier alpha value is 0.160. The van der Waals surface area contributed by atoms with E-state index in [1.54, 1.807) is 0 Å². The van der Waals surface area contributed by atoms with Crippen LogP contribution in [0.1, 0.15) is 20.3 Å². The molecule has 0 saturated carbocycles. The fraction of sp³-hybridized carbons (Fsp3) is 0.833. The zero-order valence-corrected chi connectivity index (χ0v) is 8.34. The van der Waals surface area contributed by atoms with Gasteiger partial charge in [0.05, 0.1) is 6.10 Å². The van der Waals surface area contributed by atoms with Gasteiger partial charge in [0, 0.05) is 22.9 Å². The molecule has 0 rings (SSSR count). The molecule has 0 aliphatic rings. The van der Waals surface area contributed by atoms with Crippen LogP contribution in [0.15, 0.2) is 0 Å². The van der Waals surface area contributed by atoms with Crippen molar-refractivity contribution in [2.45, 2.75) is 26.4 Å². The van der Waals surface area contributed by atoms with Gasteiger partial charge in [0.25, 0.3) is 0 Å². The molecule has 0 aliphatic heterocycles. The van der Waals surface area contributed by atoms with E-state index in [4.69, 9.17) is 4.74 Å². The average Bonchev–Trinajstić information content (AvgIpc) is 1.88. The molecule has 0 bridgehead atoms. The molecule has 3 nitrogen and oxygen atoms in total. The average molecular weight is 257 g/mol. The predicted molar refractivity (Wildman–Crippen MR) is 47.9 cm³/mol. The fourth-order valence-electron chi connectivity index (χ4n) is 0.404. The van der Waals surface area contributed by atoms with Crippen molar-refractivity contribution in [1.82, 2.24) is 3.53 Å². The van der Waals surface area contributed by atoms with E-state index in [1.807, 2.05) is 36.7 Å². The Labute approximate surface area is 75.0 Å². The molecular weight excluding hydrogens is 245 g/mol. The zero-order chi connectivity index (χ0) is 7.98. The van der Waals surface area contributed by atoms with Gasteiger partial charge in [-0.05, 0) is 13.3 Å². The second kappa shape index (κ2) is 5.91. The van der Waals surface area contributed by atoms with Crippen LogP contribution >= 0.6 is 22.9 Å². The highest BCUT2D eigenvalue weighted by molar-refractivity contribution is 14.1. The van der Waals surface area contributed by atoms with E-state index in [0.29, 0.717) is 0 Å². The lowest BCUT2D eigenvalue weighted by atomic mass is 10.3. The number of halogens is 1. The van der Waals surface area contributed by atoms with Crippen molar-refractivity contribution in [1.29, 1.82) is 0 Å². The number of carbonyl (C=O) groups excluding carboxylic acids is 1. The topological polar surface area (TPSA) is 38.3 Å². The maximum absolute atomic E-state index is 10.7.